The van der Waals surface area contributed by atoms with Crippen LogP contribution in [0.2, 0.25) is 0 Å². The molecular weight excluding hydrogens is 222 g/mol. The van der Waals surface area contributed by atoms with Crippen LogP contribution < -0.4 is 0 Å². The number of alkyl halides is 1. The summed E-state index contributed by atoms with van der Waals surface area (Å²) in [5.74, 6) is -0.571. The minimum Gasteiger partial charge on any atom is -0.448 e. The van der Waals surface area contributed by atoms with E-state index in [1.54, 1.807) is 20.8 Å². The van der Waals surface area contributed by atoms with Gasteiger partial charge in [-0.1, -0.05) is 11.6 Å². The third kappa shape index (κ3) is 7.02. The van der Waals surface area contributed by atoms with Crippen molar-refractivity contribution in [1.82, 2.24) is 4.90 Å². The third-order valence-electron chi connectivity index (χ3n) is 1.29. The lowest BCUT2D eigenvalue weighted by Crippen LogP contribution is -2.37. The summed E-state index contributed by atoms with van der Waals surface area (Å²) in [6.07, 6.45) is -0.575. The molecule has 0 bridgehead atoms. The van der Waals surface area contributed by atoms with E-state index in [9.17, 15) is 9.59 Å². The van der Waals surface area contributed by atoms with E-state index in [0.29, 0.717) is 0 Å². The number of hydrogen-bond acceptors (Lipinski definition) is 4. The van der Waals surface area contributed by atoms with Crippen LogP contribution in [-0.4, -0.2) is 42.2 Å². The molecule has 0 unspecified atom stereocenters. The van der Waals surface area contributed by atoms with Gasteiger partial charge in [0.2, 0.25) is 0 Å². The molecule has 0 saturated heterocycles. The van der Waals surface area contributed by atoms with Crippen molar-refractivity contribution < 1.29 is 19.1 Å². The first kappa shape index (κ1) is 14.0. The Morgan fingerprint density at radius 2 is 1.87 bits per heavy atom. The number of likely N-dealkylation sites (N-methyl/N-ethyl adjacent to an activating group) is 1. The Hall–Kier alpha value is -0.970. The highest BCUT2D eigenvalue weighted by Gasteiger charge is 2.21. The summed E-state index contributed by atoms with van der Waals surface area (Å²) in [6, 6.07) is -0.221. The molecule has 0 spiro atoms. The molecule has 0 N–H and O–H groups in total. The van der Waals surface area contributed by atoms with Crippen LogP contribution in [0.4, 0.5) is 4.79 Å². The molecule has 0 aromatic carbocycles. The van der Waals surface area contributed by atoms with Gasteiger partial charge in [0.25, 0.3) is 0 Å². The molecule has 0 aromatic rings. The molecule has 0 atom stereocenters. The van der Waals surface area contributed by atoms with E-state index in [4.69, 9.17) is 16.3 Å². The van der Waals surface area contributed by atoms with Crippen molar-refractivity contribution in [1.29, 1.82) is 0 Å². The van der Waals surface area contributed by atoms with Crippen LogP contribution >= 0.6 is 11.6 Å². The van der Waals surface area contributed by atoms with Crippen molar-refractivity contribution in [3.63, 3.8) is 0 Å². The Labute approximate surface area is 94.3 Å². The Morgan fingerprint density at radius 1 is 1.33 bits per heavy atom. The lowest BCUT2D eigenvalue weighted by molar-refractivity contribution is -0.142. The van der Waals surface area contributed by atoms with Crippen molar-refractivity contribution in [3.05, 3.63) is 0 Å². The highest BCUT2D eigenvalue weighted by atomic mass is 35.5. The molecule has 0 aliphatic carbocycles. The van der Waals surface area contributed by atoms with Crippen LogP contribution in [-0.2, 0) is 14.3 Å². The fourth-order valence-electron chi connectivity index (χ4n) is 0.705. The standard InChI is InChI=1S/C9H16ClNO4/c1-9(2,3)15-8(13)11(4)5-7(12)14-6-10/h5-6H2,1-4H3. The van der Waals surface area contributed by atoms with Gasteiger partial charge in [-0.25, -0.2) is 4.79 Å². The predicted octanol–water partition coefficient (Wildman–Crippen LogP) is 1.59. The minimum atomic E-state index is -0.582. The fraction of sp³-hybridized carbons (Fsp3) is 0.778. The molecule has 6 heteroatoms. The highest BCUT2D eigenvalue weighted by Crippen LogP contribution is 2.08. The van der Waals surface area contributed by atoms with Crippen molar-refractivity contribution in [2.45, 2.75) is 26.4 Å². The zero-order valence-electron chi connectivity index (χ0n) is 9.37. The van der Waals surface area contributed by atoms with Crippen LogP contribution in [0.3, 0.4) is 0 Å². The molecular formula is C9H16ClNO4. The largest absolute Gasteiger partial charge is 0.448 e. The van der Waals surface area contributed by atoms with Gasteiger partial charge in [0.05, 0.1) is 0 Å². The van der Waals surface area contributed by atoms with Gasteiger partial charge in [0.1, 0.15) is 12.1 Å². The number of esters is 1. The van der Waals surface area contributed by atoms with E-state index in [1.807, 2.05) is 0 Å². The van der Waals surface area contributed by atoms with Gasteiger partial charge in [-0.05, 0) is 20.8 Å². The van der Waals surface area contributed by atoms with E-state index < -0.39 is 17.7 Å². The summed E-state index contributed by atoms with van der Waals surface area (Å²) in [5.41, 5.74) is -0.582. The van der Waals surface area contributed by atoms with Gasteiger partial charge in [-0.2, -0.15) is 0 Å². The molecule has 0 saturated carbocycles. The second-order valence-corrected chi connectivity index (χ2v) is 4.18. The monoisotopic (exact) mass is 237 g/mol. The molecule has 0 rings (SSSR count). The molecule has 0 aliphatic heterocycles. The summed E-state index contributed by atoms with van der Waals surface area (Å²) in [5, 5.41) is 0. The maximum absolute atomic E-state index is 11.4. The van der Waals surface area contributed by atoms with E-state index in [-0.39, 0.29) is 12.6 Å². The van der Waals surface area contributed by atoms with Gasteiger partial charge in [0, 0.05) is 7.05 Å². The molecule has 0 heterocycles. The van der Waals surface area contributed by atoms with Gasteiger partial charge in [-0.3, -0.25) is 4.79 Å². The third-order valence-corrected chi connectivity index (χ3v) is 1.40. The molecule has 1 amide bonds. The van der Waals surface area contributed by atoms with Gasteiger partial charge in [-0.15, -0.1) is 0 Å². The average molecular weight is 238 g/mol. The topological polar surface area (TPSA) is 55.8 Å². The normalized spacial score (nSPS) is 10.7. The SMILES string of the molecule is CN(CC(=O)OCCl)C(=O)OC(C)(C)C. The minimum absolute atomic E-state index is 0.179. The second-order valence-electron chi connectivity index (χ2n) is 3.96. The Bertz CT molecular complexity index is 237. The number of carbonyl (C=O) groups is 2. The summed E-state index contributed by atoms with van der Waals surface area (Å²) in [7, 11) is 1.45. The number of ether oxygens (including phenoxy) is 2. The van der Waals surface area contributed by atoms with E-state index in [2.05, 4.69) is 4.74 Å². The van der Waals surface area contributed by atoms with E-state index in [0.717, 1.165) is 4.90 Å². The molecule has 0 aliphatic rings. The molecule has 5 nitrogen and oxygen atoms in total. The van der Waals surface area contributed by atoms with Crippen molar-refractivity contribution >= 4 is 23.7 Å². The van der Waals surface area contributed by atoms with Crippen molar-refractivity contribution in [3.8, 4) is 0 Å². The zero-order chi connectivity index (χ0) is 12.1. The van der Waals surface area contributed by atoms with Crippen LogP contribution in [0, 0.1) is 0 Å². The quantitative estimate of drug-likeness (QED) is 0.553. The number of carbonyl (C=O) groups excluding carboxylic acids is 2. The predicted molar refractivity (Wildman–Crippen MR) is 55.7 cm³/mol. The number of halogens is 1. The Balaban J connectivity index is 4.05. The van der Waals surface area contributed by atoms with Gasteiger partial charge < -0.3 is 14.4 Å². The number of nitrogens with zero attached hydrogens (tertiary/aromatic N) is 1. The summed E-state index contributed by atoms with van der Waals surface area (Å²) < 4.78 is 9.49. The number of rotatable bonds is 3. The van der Waals surface area contributed by atoms with Crippen LogP contribution in [0.25, 0.3) is 0 Å². The first-order valence-electron chi connectivity index (χ1n) is 4.42. The van der Waals surface area contributed by atoms with Gasteiger partial charge >= 0.3 is 12.1 Å². The van der Waals surface area contributed by atoms with Gasteiger partial charge in [0.15, 0.2) is 6.07 Å². The summed E-state index contributed by atoms with van der Waals surface area (Å²) in [6.45, 7) is 5.06. The van der Waals surface area contributed by atoms with Crippen LogP contribution in [0.5, 0.6) is 0 Å². The second kappa shape index (κ2) is 5.80. The number of hydrogen-bond donors (Lipinski definition) is 0. The molecule has 0 aromatic heterocycles. The van der Waals surface area contributed by atoms with E-state index >= 15 is 0 Å². The fourth-order valence-corrected chi connectivity index (χ4v) is 0.826. The van der Waals surface area contributed by atoms with E-state index in [1.165, 1.54) is 7.05 Å². The maximum atomic E-state index is 11.4. The molecule has 0 radical (unpaired) electrons. The highest BCUT2D eigenvalue weighted by molar-refractivity contribution is 6.17. The summed E-state index contributed by atoms with van der Waals surface area (Å²) in [4.78, 5) is 23.5. The molecule has 0 fully saturated rings. The van der Waals surface area contributed by atoms with Crippen molar-refractivity contribution in [2.24, 2.45) is 0 Å². The molecule has 88 valence electrons. The van der Waals surface area contributed by atoms with Crippen molar-refractivity contribution in [2.75, 3.05) is 19.7 Å². The summed E-state index contributed by atoms with van der Waals surface area (Å²) >= 11 is 5.19. The van der Waals surface area contributed by atoms with Crippen LogP contribution in [0.1, 0.15) is 20.8 Å². The lowest BCUT2D eigenvalue weighted by atomic mass is 10.2. The Morgan fingerprint density at radius 3 is 2.27 bits per heavy atom. The molecule has 15 heavy (non-hydrogen) atoms. The first-order chi connectivity index (χ1) is 6.76. The van der Waals surface area contributed by atoms with Crippen LogP contribution in [0.15, 0.2) is 0 Å². The smallest absolute Gasteiger partial charge is 0.410 e. The number of amides is 1. The lowest BCUT2D eigenvalue weighted by Gasteiger charge is -2.23. The average Bonchev–Trinajstić information content (AvgIpc) is 2.00. The Kier molecular flexibility index (Phi) is 5.43. The maximum Gasteiger partial charge on any atom is 0.410 e. The zero-order valence-corrected chi connectivity index (χ0v) is 10.1. The first-order valence-corrected chi connectivity index (χ1v) is 4.95.